The van der Waals surface area contributed by atoms with Gasteiger partial charge in [0.15, 0.2) is 0 Å². The van der Waals surface area contributed by atoms with E-state index in [4.69, 9.17) is 15.3 Å². The van der Waals surface area contributed by atoms with Gasteiger partial charge in [-0.05, 0) is 6.92 Å². The first kappa shape index (κ1) is 9.67. The van der Waals surface area contributed by atoms with Crippen LogP contribution in [0, 0.1) is 6.92 Å². The summed E-state index contributed by atoms with van der Waals surface area (Å²) in [4.78, 5) is 0. The molecule has 0 saturated carbocycles. The number of nitrogens with one attached hydrogen (secondary N) is 1. The number of methoxy groups -OCH3 is 2. The molecule has 0 aliphatic heterocycles. The Hall–Kier alpha value is -1.42. The Morgan fingerprint density at radius 1 is 1.15 bits per heavy atom. The summed E-state index contributed by atoms with van der Waals surface area (Å²) in [6.45, 7) is 1.93. The van der Waals surface area contributed by atoms with E-state index >= 15 is 0 Å². The minimum Gasteiger partial charge on any atom is -0.496 e. The van der Waals surface area contributed by atoms with Gasteiger partial charge in [-0.2, -0.15) is 0 Å². The van der Waals surface area contributed by atoms with Gasteiger partial charge >= 0.3 is 0 Å². The highest BCUT2D eigenvalue weighted by Crippen LogP contribution is 2.31. The SMILES string of the molecule is COc1cc(NN)cc(OC)c1C. The molecule has 13 heavy (non-hydrogen) atoms. The van der Waals surface area contributed by atoms with Gasteiger partial charge in [-0.1, -0.05) is 0 Å². The summed E-state index contributed by atoms with van der Waals surface area (Å²) in [7, 11) is 3.23. The van der Waals surface area contributed by atoms with Gasteiger partial charge in [0.05, 0.1) is 19.9 Å². The van der Waals surface area contributed by atoms with Crippen LogP contribution in [0.4, 0.5) is 5.69 Å². The minimum absolute atomic E-state index is 0.757. The molecule has 1 aromatic carbocycles. The highest BCUT2D eigenvalue weighted by atomic mass is 16.5. The number of nitrogen functional groups attached to an aromatic ring is 1. The van der Waals surface area contributed by atoms with Crippen LogP contribution in [0.1, 0.15) is 5.56 Å². The van der Waals surface area contributed by atoms with Crippen molar-refractivity contribution in [2.24, 2.45) is 5.84 Å². The van der Waals surface area contributed by atoms with E-state index in [0.717, 1.165) is 22.7 Å². The molecule has 1 rings (SSSR count). The van der Waals surface area contributed by atoms with Crippen LogP contribution in [0.2, 0.25) is 0 Å². The van der Waals surface area contributed by atoms with Crippen molar-refractivity contribution < 1.29 is 9.47 Å². The van der Waals surface area contributed by atoms with Gasteiger partial charge in [-0.25, -0.2) is 0 Å². The number of hydrogen-bond donors (Lipinski definition) is 2. The molecule has 4 heteroatoms. The molecule has 0 atom stereocenters. The highest BCUT2D eigenvalue weighted by Gasteiger charge is 2.06. The predicted octanol–water partition coefficient (Wildman–Crippen LogP) is 1.30. The first-order valence-electron chi connectivity index (χ1n) is 3.92. The fraction of sp³-hybridized carbons (Fsp3) is 0.333. The van der Waals surface area contributed by atoms with E-state index in [-0.39, 0.29) is 0 Å². The topological polar surface area (TPSA) is 56.5 Å². The normalized spacial score (nSPS) is 9.54. The van der Waals surface area contributed by atoms with Crippen LogP contribution in [0.5, 0.6) is 11.5 Å². The van der Waals surface area contributed by atoms with E-state index in [9.17, 15) is 0 Å². The second-order valence-corrected chi connectivity index (χ2v) is 2.65. The molecule has 72 valence electrons. The van der Waals surface area contributed by atoms with Crippen LogP contribution >= 0.6 is 0 Å². The number of benzene rings is 1. The molecule has 0 bridgehead atoms. The summed E-state index contributed by atoms with van der Waals surface area (Å²) in [6.07, 6.45) is 0. The highest BCUT2D eigenvalue weighted by molar-refractivity contribution is 5.57. The maximum atomic E-state index is 5.29. The number of anilines is 1. The Kier molecular flexibility index (Phi) is 2.97. The molecule has 0 amide bonds. The summed E-state index contributed by atoms with van der Waals surface area (Å²) >= 11 is 0. The molecular weight excluding hydrogens is 168 g/mol. The first-order chi connectivity index (χ1) is 6.22. The Morgan fingerprint density at radius 3 is 1.92 bits per heavy atom. The van der Waals surface area contributed by atoms with Gasteiger partial charge in [0, 0.05) is 17.7 Å². The first-order valence-corrected chi connectivity index (χ1v) is 3.92. The van der Waals surface area contributed by atoms with Crippen LogP contribution in [0.25, 0.3) is 0 Å². The smallest absolute Gasteiger partial charge is 0.127 e. The van der Waals surface area contributed by atoms with Crippen LogP contribution in [-0.2, 0) is 0 Å². The van der Waals surface area contributed by atoms with Crippen LogP contribution in [0.3, 0.4) is 0 Å². The average Bonchev–Trinajstić information content (AvgIpc) is 2.18. The van der Waals surface area contributed by atoms with E-state index in [1.165, 1.54) is 0 Å². The number of rotatable bonds is 3. The molecule has 0 aliphatic carbocycles. The second-order valence-electron chi connectivity index (χ2n) is 2.65. The Bertz CT molecular complexity index is 275. The molecule has 0 fully saturated rings. The van der Waals surface area contributed by atoms with Gasteiger partial charge in [-0.3, -0.25) is 5.84 Å². The summed E-state index contributed by atoms with van der Waals surface area (Å²) in [5.74, 6) is 6.80. The Balaban J connectivity index is 3.20. The number of nitrogens with two attached hydrogens (primary N) is 1. The van der Waals surface area contributed by atoms with Gasteiger partial charge in [0.25, 0.3) is 0 Å². The van der Waals surface area contributed by atoms with Crippen molar-refractivity contribution in [2.45, 2.75) is 6.92 Å². The largest absolute Gasteiger partial charge is 0.496 e. The van der Waals surface area contributed by atoms with E-state index in [2.05, 4.69) is 5.43 Å². The van der Waals surface area contributed by atoms with Gasteiger partial charge < -0.3 is 14.9 Å². The summed E-state index contributed by atoms with van der Waals surface area (Å²) < 4.78 is 10.3. The maximum Gasteiger partial charge on any atom is 0.127 e. The van der Waals surface area contributed by atoms with Crippen molar-refractivity contribution in [2.75, 3.05) is 19.6 Å². The molecule has 0 spiro atoms. The number of hydrazine groups is 1. The van der Waals surface area contributed by atoms with Crippen molar-refractivity contribution in [1.82, 2.24) is 0 Å². The van der Waals surface area contributed by atoms with Gasteiger partial charge in [0.1, 0.15) is 11.5 Å². The summed E-state index contributed by atoms with van der Waals surface area (Å²) in [5.41, 5.74) is 4.27. The fourth-order valence-electron chi connectivity index (χ4n) is 1.17. The zero-order chi connectivity index (χ0) is 9.84. The van der Waals surface area contributed by atoms with Crippen LogP contribution < -0.4 is 20.7 Å². The molecule has 1 aromatic rings. The van der Waals surface area contributed by atoms with Crippen molar-refractivity contribution in [3.63, 3.8) is 0 Å². The average molecular weight is 182 g/mol. The minimum atomic E-state index is 0.757. The van der Waals surface area contributed by atoms with Gasteiger partial charge in [0.2, 0.25) is 0 Å². The van der Waals surface area contributed by atoms with E-state index in [0.29, 0.717) is 0 Å². The number of ether oxygens (including phenoxy) is 2. The summed E-state index contributed by atoms with van der Waals surface area (Å²) in [5, 5.41) is 0. The monoisotopic (exact) mass is 182 g/mol. The van der Waals surface area contributed by atoms with E-state index in [1.54, 1.807) is 14.2 Å². The lowest BCUT2D eigenvalue weighted by Gasteiger charge is -2.11. The zero-order valence-electron chi connectivity index (χ0n) is 8.05. The fourth-order valence-corrected chi connectivity index (χ4v) is 1.17. The molecule has 0 unspecified atom stereocenters. The molecule has 0 radical (unpaired) electrons. The van der Waals surface area contributed by atoms with Crippen molar-refractivity contribution >= 4 is 5.69 Å². The Morgan fingerprint density at radius 2 is 1.62 bits per heavy atom. The second kappa shape index (κ2) is 4.00. The van der Waals surface area contributed by atoms with Gasteiger partial charge in [-0.15, -0.1) is 0 Å². The zero-order valence-corrected chi connectivity index (χ0v) is 8.05. The third kappa shape index (κ3) is 1.84. The van der Waals surface area contributed by atoms with Crippen molar-refractivity contribution in [3.8, 4) is 11.5 Å². The number of hydrogen-bond acceptors (Lipinski definition) is 4. The summed E-state index contributed by atoms with van der Waals surface area (Å²) in [6, 6.07) is 3.63. The predicted molar refractivity (Wildman–Crippen MR) is 52.1 cm³/mol. The molecule has 0 aliphatic rings. The molecule has 0 heterocycles. The molecular formula is C9H14N2O2. The molecule has 0 aromatic heterocycles. The van der Waals surface area contributed by atoms with E-state index in [1.807, 2.05) is 19.1 Å². The maximum absolute atomic E-state index is 5.29. The Labute approximate surface area is 77.6 Å². The quantitative estimate of drug-likeness (QED) is 0.546. The van der Waals surface area contributed by atoms with Crippen LogP contribution in [0.15, 0.2) is 12.1 Å². The molecule has 4 nitrogen and oxygen atoms in total. The lowest BCUT2D eigenvalue weighted by molar-refractivity contribution is 0.389. The van der Waals surface area contributed by atoms with Crippen molar-refractivity contribution in [3.05, 3.63) is 17.7 Å². The van der Waals surface area contributed by atoms with Crippen molar-refractivity contribution in [1.29, 1.82) is 0 Å². The lowest BCUT2D eigenvalue weighted by atomic mass is 10.2. The van der Waals surface area contributed by atoms with Crippen LogP contribution in [-0.4, -0.2) is 14.2 Å². The van der Waals surface area contributed by atoms with E-state index < -0.39 is 0 Å². The standard InChI is InChI=1S/C9H14N2O2/c1-6-8(12-2)4-7(11-10)5-9(6)13-3/h4-5,11H,10H2,1-3H3. The third-order valence-corrected chi connectivity index (χ3v) is 1.92. The lowest BCUT2D eigenvalue weighted by Crippen LogP contribution is -2.07. The third-order valence-electron chi connectivity index (χ3n) is 1.92. The molecule has 0 saturated heterocycles. The molecule has 3 N–H and O–H groups in total.